The van der Waals surface area contributed by atoms with Crippen LogP contribution in [0.15, 0.2) is 0 Å². The molecule has 0 aliphatic carbocycles. The Balaban J connectivity index is 2.06. The molecule has 2 rings (SSSR count). The van der Waals surface area contributed by atoms with Crippen LogP contribution in [-0.2, 0) is 9.59 Å². The van der Waals surface area contributed by atoms with Gasteiger partial charge < -0.3 is 5.32 Å². The number of hydrogen-bond acceptors (Lipinski definition) is 4. The maximum absolute atomic E-state index is 11.4. The first kappa shape index (κ1) is 9.61. The summed E-state index contributed by atoms with van der Waals surface area (Å²) in [5.41, 5.74) is 0. The molecule has 2 fully saturated rings. The number of nitrogens with zero attached hydrogens (tertiary/aromatic N) is 1. The van der Waals surface area contributed by atoms with E-state index in [9.17, 15) is 9.59 Å². The first-order valence-corrected chi connectivity index (χ1v) is 4.98. The van der Waals surface area contributed by atoms with Crippen LogP contribution >= 0.6 is 0 Å². The first-order valence-electron chi connectivity index (χ1n) is 4.98. The van der Waals surface area contributed by atoms with Crippen molar-refractivity contribution in [1.82, 2.24) is 15.5 Å². The number of piperazine rings is 1. The van der Waals surface area contributed by atoms with Crippen LogP contribution in [0.5, 0.6) is 0 Å². The van der Waals surface area contributed by atoms with Crippen molar-refractivity contribution in [2.45, 2.75) is 25.4 Å². The van der Waals surface area contributed by atoms with Gasteiger partial charge in [0.25, 0.3) is 0 Å². The van der Waals surface area contributed by atoms with Crippen molar-refractivity contribution in [3.8, 4) is 0 Å². The summed E-state index contributed by atoms with van der Waals surface area (Å²) in [6.45, 7) is 4.69. The number of imide groups is 1. The lowest BCUT2D eigenvalue weighted by Gasteiger charge is -2.36. The van der Waals surface area contributed by atoms with E-state index in [1.807, 2.05) is 0 Å². The first-order chi connectivity index (χ1) is 6.68. The van der Waals surface area contributed by atoms with Crippen molar-refractivity contribution in [3.05, 3.63) is 0 Å². The minimum absolute atomic E-state index is 0.135. The van der Waals surface area contributed by atoms with E-state index in [4.69, 9.17) is 0 Å². The monoisotopic (exact) mass is 197 g/mol. The van der Waals surface area contributed by atoms with Crippen molar-refractivity contribution in [3.63, 3.8) is 0 Å². The fraction of sp³-hybridized carbons (Fsp3) is 0.778. The van der Waals surface area contributed by atoms with E-state index in [1.54, 1.807) is 0 Å². The highest BCUT2D eigenvalue weighted by Crippen LogP contribution is 2.15. The van der Waals surface area contributed by atoms with Gasteiger partial charge in [0.2, 0.25) is 11.8 Å². The van der Waals surface area contributed by atoms with Gasteiger partial charge in [-0.05, 0) is 6.92 Å². The number of amides is 2. The quantitative estimate of drug-likeness (QED) is 0.513. The molecule has 2 unspecified atom stereocenters. The minimum Gasteiger partial charge on any atom is -0.314 e. The normalized spacial score (nSPS) is 34.6. The molecule has 0 spiro atoms. The van der Waals surface area contributed by atoms with E-state index < -0.39 is 0 Å². The molecule has 0 aromatic carbocycles. The second-order valence-electron chi connectivity index (χ2n) is 3.92. The average Bonchev–Trinajstić information content (AvgIpc) is 2.46. The number of carbonyl (C=O) groups is 2. The summed E-state index contributed by atoms with van der Waals surface area (Å²) in [5, 5.41) is 5.60. The lowest BCUT2D eigenvalue weighted by molar-refractivity contribution is -0.126. The van der Waals surface area contributed by atoms with E-state index >= 15 is 0 Å². The Kier molecular flexibility index (Phi) is 2.52. The molecule has 2 atom stereocenters. The highest BCUT2D eigenvalue weighted by molar-refractivity contribution is 6.05. The Labute approximate surface area is 82.8 Å². The van der Waals surface area contributed by atoms with Crippen molar-refractivity contribution in [2.75, 3.05) is 19.6 Å². The third-order valence-electron chi connectivity index (χ3n) is 2.90. The van der Waals surface area contributed by atoms with Crippen LogP contribution in [0.25, 0.3) is 0 Å². The van der Waals surface area contributed by atoms with Gasteiger partial charge >= 0.3 is 0 Å². The van der Waals surface area contributed by atoms with Crippen LogP contribution in [0, 0.1) is 0 Å². The standard InChI is InChI=1S/C9H15N3O2/c1-6-5-10-2-3-12(6)7-4-8(13)11-9(7)14/h6-7,10H,2-5H2,1H3,(H,11,13,14). The summed E-state index contributed by atoms with van der Waals surface area (Å²) in [5.74, 6) is -0.283. The zero-order chi connectivity index (χ0) is 10.1. The van der Waals surface area contributed by atoms with Gasteiger partial charge in [0.15, 0.2) is 0 Å². The molecule has 0 radical (unpaired) electrons. The summed E-state index contributed by atoms with van der Waals surface area (Å²) in [6, 6.07) is 0.0880. The molecule has 2 saturated heterocycles. The number of nitrogens with one attached hydrogen (secondary N) is 2. The molecule has 2 amide bonds. The predicted octanol–water partition coefficient (Wildman–Crippen LogP) is -1.30. The van der Waals surface area contributed by atoms with Gasteiger partial charge in [0.1, 0.15) is 0 Å². The molecule has 0 bridgehead atoms. The molecule has 5 heteroatoms. The van der Waals surface area contributed by atoms with Gasteiger partial charge in [0, 0.05) is 25.7 Å². The molecular formula is C9H15N3O2. The molecule has 2 N–H and O–H groups in total. The van der Waals surface area contributed by atoms with Crippen LogP contribution in [0.3, 0.4) is 0 Å². The third-order valence-corrected chi connectivity index (χ3v) is 2.90. The topological polar surface area (TPSA) is 61.4 Å². The van der Waals surface area contributed by atoms with E-state index in [0.29, 0.717) is 12.5 Å². The molecule has 0 saturated carbocycles. The highest BCUT2D eigenvalue weighted by atomic mass is 16.2. The third kappa shape index (κ3) is 1.65. The summed E-state index contributed by atoms with van der Waals surface area (Å²) in [4.78, 5) is 24.6. The Morgan fingerprint density at radius 2 is 2.21 bits per heavy atom. The Morgan fingerprint density at radius 3 is 2.79 bits per heavy atom. The molecule has 0 aromatic rings. The summed E-state index contributed by atoms with van der Waals surface area (Å²) < 4.78 is 0. The second-order valence-corrected chi connectivity index (χ2v) is 3.92. The van der Waals surface area contributed by atoms with Crippen LogP contribution in [0.4, 0.5) is 0 Å². The van der Waals surface area contributed by atoms with Gasteiger partial charge in [0.05, 0.1) is 12.5 Å². The van der Waals surface area contributed by atoms with E-state index in [1.165, 1.54) is 0 Å². The van der Waals surface area contributed by atoms with Crippen LogP contribution in [0.2, 0.25) is 0 Å². The van der Waals surface area contributed by atoms with Crippen molar-refractivity contribution in [2.24, 2.45) is 0 Å². The molecule has 2 heterocycles. The van der Waals surface area contributed by atoms with Gasteiger partial charge in [-0.25, -0.2) is 0 Å². The van der Waals surface area contributed by atoms with E-state index in [2.05, 4.69) is 22.5 Å². The summed E-state index contributed by atoms with van der Waals surface area (Å²) >= 11 is 0. The largest absolute Gasteiger partial charge is 0.314 e. The van der Waals surface area contributed by atoms with Crippen molar-refractivity contribution >= 4 is 11.8 Å². The van der Waals surface area contributed by atoms with Gasteiger partial charge in [-0.1, -0.05) is 0 Å². The Bertz CT molecular complexity index is 267. The van der Waals surface area contributed by atoms with Crippen LogP contribution in [0.1, 0.15) is 13.3 Å². The lowest BCUT2D eigenvalue weighted by atomic mass is 10.1. The number of carbonyl (C=O) groups excluding carboxylic acids is 2. The minimum atomic E-state index is -0.236. The smallest absolute Gasteiger partial charge is 0.244 e. The van der Waals surface area contributed by atoms with E-state index in [-0.39, 0.29) is 17.9 Å². The zero-order valence-electron chi connectivity index (χ0n) is 8.25. The predicted molar refractivity (Wildman–Crippen MR) is 50.6 cm³/mol. The number of hydrogen-bond donors (Lipinski definition) is 2. The summed E-state index contributed by atoms with van der Waals surface area (Å²) in [6.07, 6.45) is 0.323. The summed E-state index contributed by atoms with van der Waals surface area (Å²) in [7, 11) is 0. The second kappa shape index (κ2) is 3.67. The molecule has 78 valence electrons. The molecule has 2 aliphatic rings. The Morgan fingerprint density at radius 1 is 1.43 bits per heavy atom. The zero-order valence-corrected chi connectivity index (χ0v) is 8.25. The molecular weight excluding hydrogens is 182 g/mol. The molecule has 14 heavy (non-hydrogen) atoms. The van der Waals surface area contributed by atoms with Gasteiger partial charge in [-0.3, -0.25) is 19.8 Å². The van der Waals surface area contributed by atoms with Crippen molar-refractivity contribution in [1.29, 1.82) is 0 Å². The molecule has 5 nitrogen and oxygen atoms in total. The van der Waals surface area contributed by atoms with Crippen molar-refractivity contribution < 1.29 is 9.59 Å². The fourth-order valence-electron chi connectivity index (χ4n) is 2.13. The molecule has 2 aliphatic heterocycles. The van der Waals surface area contributed by atoms with Crippen LogP contribution < -0.4 is 10.6 Å². The van der Waals surface area contributed by atoms with E-state index in [0.717, 1.165) is 19.6 Å². The SMILES string of the molecule is CC1CNCCN1C1CC(=O)NC1=O. The fourth-order valence-corrected chi connectivity index (χ4v) is 2.13. The Hall–Kier alpha value is -0.940. The number of rotatable bonds is 1. The molecule has 0 aromatic heterocycles. The average molecular weight is 197 g/mol. The maximum Gasteiger partial charge on any atom is 0.244 e. The highest BCUT2D eigenvalue weighted by Gasteiger charge is 2.37. The van der Waals surface area contributed by atoms with Gasteiger partial charge in [-0.2, -0.15) is 0 Å². The van der Waals surface area contributed by atoms with Crippen LogP contribution in [-0.4, -0.2) is 48.4 Å². The lowest BCUT2D eigenvalue weighted by Crippen LogP contribution is -2.55. The maximum atomic E-state index is 11.4. The van der Waals surface area contributed by atoms with Gasteiger partial charge in [-0.15, -0.1) is 0 Å².